The van der Waals surface area contributed by atoms with E-state index < -0.39 is 0 Å². The topological polar surface area (TPSA) is 43.4 Å². The SMILES string of the molecule is COC(=O)C[N+]1(Cc2ccccc2Cl)CC=CC(=O)C1. The van der Waals surface area contributed by atoms with E-state index in [-0.39, 0.29) is 24.8 Å². The first-order chi connectivity index (χ1) is 9.54. The van der Waals surface area contributed by atoms with E-state index in [0.29, 0.717) is 22.6 Å². The lowest BCUT2D eigenvalue weighted by molar-refractivity contribution is -0.922. The molecule has 0 aromatic heterocycles. The van der Waals surface area contributed by atoms with Crippen molar-refractivity contribution in [3.63, 3.8) is 0 Å². The Morgan fingerprint density at radius 3 is 2.80 bits per heavy atom. The Bertz CT molecular complexity index is 556. The van der Waals surface area contributed by atoms with Crippen LogP contribution in [-0.4, -0.2) is 43.0 Å². The number of rotatable bonds is 4. The summed E-state index contributed by atoms with van der Waals surface area (Å²) in [6.45, 7) is 1.60. The molecule has 1 unspecified atom stereocenters. The van der Waals surface area contributed by atoms with Crippen LogP contribution in [0.2, 0.25) is 5.02 Å². The zero-order chi connectivity index (χ0) is 14.6. The van der Waals surface area contributed by atoms with Gasteiger partial charge in [0.2, 0.25) is 5.78 Å². The van der Waals surface area contributed by atoms with Gasteiger partial charge in [0.05, 0.1) is 13.7 Å². The third-order valence-corrected chi connectivity index (χ3v) is 3.81. The number of nitrogens with zero attached hydrogens (tertiary/aromatic N) is 1. The Labute approximate surface area is 123 Å². The molecule has 20 heavy (non-hydrogen) atoms. The highest BCUT2D eigenvalue weighted by Crippen LogP contribution is 2.23. The fourth-order valence-corrected chi connectivity index (χ4v) is 2.67. The summed E-state index contributed by atoms with van der Waals surface area (Å²) in [5, 5.41) is 0.650. The van der Waals surface area contributed by atoms with Crippen LogP contribution in [0, 0.1) is 0 Å². The molecule has 106 valence electrons. The highest BCUT2D eigenvalue weighted by Gasteiger charge is 2.35. The molecule has 1 heterocycles. The van der Waals surface area contributed by atoms with Gasteiger partial charge in [0.25, 0.3) is 0 Å². The summed E-state index contributed by atoms with van der Waals surface area (Å²) in [5.41, 5.74) is 0.932. The van der Waals surface area contributed by atoms with Crippen molar-refractivity contribution in [1.29, 1.82) is 0 Å². The standard InChI is InChI=1S/C15H17ClNO3/c1-20-15(19)11-17(8-4-6-13(18)10-17)9-12-5-2-3-7-14(12)16/h2-7H,8-11H2,1H3/q+1. The lowest BCUT2D eigenvalue weighted by Crippen LogP contribution is -2.55. The second-order valence-corrected chi connectivity index (χ2v) is 5.44. The van der Waals surface area contributed by atoms with E-state index in [9.17, 15) is 9.59 Å². The van der Waals surface area contributed by atoms with Crippen molar-refractivity contribution in [3.05, 3.63) is 47.0 Å². The van der Waals surface area contributed by atoms with Crippen LogP contribution < -0.4 is 0 Å². The molecule has 0 bridgehead atoms. The number of methoxy groups -OCH3 is 1. The van der Waals surface area contributed by atoms with Crippen LogP contribution in [0.3, 0.4) is 0 Å². The van der Waals surface area contributed by atoms with E-state index in [1.807, 2.05) is 30.3 Å². The summed E-state index contributed by atoms with van der Waals surface area (Å²) in [6, 6.07) is 7.49. The molecule has 0 spiro atoms. The predicted molar refractivity (Wildman–Crippen MR) is 76.2 cm³/mol. The van der Waals surface area contributed by atoms with Gasteiger partial charge in [-0.1, -0.05) is 29.8 Å². The van der Waals surface area contributed by atoms with Crippen molar-refractivity contribution in [2.45, 2.75) is 6.54 Å². The van der Waals surface area contributed by atoms with Crippen molar-refractivity contribution in [2.75, 3.05) is 26.7 Å². The number of quaternary nitrogens is 1. The van der Waals surface area contributed by atoms with E-state index in [1.165, 1.54) is 7.11 Å². The van der Waals surface area contributed by atoms with E-state index in [4.69, 9.17) is 16.3 Å². The fourth-order valence-electron chi connectivity index (χ4n) is 2.48. The summed E-state index contributed by atoms with van der Waals surface area (Å²) in [6.07, 6.45) is 3.38. The first-order valence-electron chi connectivity index (χ1n) is 6.39. The molecule has 1 aliphatic heterocycles. The largest absolute Gasteiger partial charge is 0.465 e. The van der Waals surface area contributed by atoms with Crippen LogP contribution >= 0.6 is 11.6 Å². The van der Waals surface area contributed by atoms with Gasteiger partial charge in [-0.2, -0.15) is 0 Å². The van der Waals surface area contributed by atoms with Gasteiger partial charge in [-0.05, 0) is 18.2 Å². The van der Waals surface area contributed by atoms with E-state index in [1.54, 1.807) is 6.08 Å². The minimum atomic E-state index is -0.319. The minimum Gasteiger partial charge on any atom is -0.465 e. The first-order valence-corrected chi connectivity index (χ1v) is 6.77. The molecule has 1 aliphatic rings. The first kappa shape index (κ1) is 14.8. The predicted octanol–water partition coefficient (Wildman–Crippen LogP) is 1.97. The number of hydrogen-bond donors (Lipinski definition) is 0. The number of halogens is 1. The third kappa shape index (κ3) is 3.46. The monoisotopic (exact) mass is 294 g/mol. The maximum atomic E-state index is 11.7. The van der Waals surface area contributed by atoms with Crippen LogP contribution in [0.5, 0.6) is 0 Å². The Morgan fingerprint density at radius 1 is 1.40 bits per heavy atom. The maximum Gasteiger partial charge on any atom is 0.361 e. The smallest absolute Gasteiger partial charge is 0.361 e. The maximum absolute atomic E-state index is 11.7. The van der Waals surface area contributed by atoms with Crippen molar-refractivity contribution >= 4 is 23.4 Å². The van der Waals surface area contributed by atoms with Crippen LogP contribution in [0.1, 0.15) is 5.56 Å². The highest BCUT2D eigenvalue weighted by atomic mass is 35.5. The van der Waals surface area contributed by atoms with Crippen molar-refractivity contribution in [1.82, 2.24) is 0 Å². The zero-order valence-electron chi connectivity index (χ0n) is 11.3. The second-order valence-electron chi connectivity index (χ2n) is 5.03. The van der Waals surface area contributed by atoms with Gasteiger partial charge in [-0.25, -0.2) is 4.79 Å². The van der Waals surface area contributed by atoms with Crippen molar-refractivity contribution in [2.24, 2.45) is 0 Å². The molecule has 0 saturated carbocycles. The van der Waals surface area contributed by atoms with Crippen molar-refractivity contribution in [3.8, 4) is 0 Å². The molecule has 0 N–H and O–H groups in total. The molecule has 1 atom stereocenters. The zero-order valence-corrected chi connectivity index (χ0v) is 12.1. The van der Waals surface area contributed by atoms with Gasteiger partial charge in [0.1, 0.15) is 13.1 Å². The molecule has 5 heteroatoms. The van der Waals surface area contributed by atoms with Gasteiger partial charge < -0.3 is 9.22 Å². The highest BCUT2D eigenvalue weighted by molar-refractivity contribution is 6.31. The average molecular weight is 295 g/mol. The Morgan fingerprint density at radius 2 is 2.15 bits per heavy atom. The normalized spacial score (nSPS) is 21.8. The molecular weight excluding hydrogens is 278 g/mol. The number of ketones is 1. The summed E-state index contributed by atoms with van der Waals surface area (Å²) in [4.78, 5) is 23.4. The Balaban J connectivity index is 2.27. The molecular formula is C15H17ClNO3+. The van der Waals surface area contributed by atoms with E-state index >= 15 is 0 Å². The van der Waals surface area contributed by atoms with Gasteiger partial charge in [-0.15, -0.1) is 0 Å². The van der Waals surface area contributed by atoms with Gasteiger partial charge in [0, 0.05) is 10.6 Å². The number of carbonyl (C=O) groups is 2. The molecule has 0 radical (unpaired) electrons. The van der Waals surface area contributed by atoms with Crippen LogP contribution in [-0.2, 0) is 20.9 Å². The lowest BCUT2D eigenvalue weighted by atomic mass is 10.1. The van der Waals surface area contributed by atoms with Gasteiger partial charge in [-0.3, -0.25) is 4.79 Å². The van der Waals surface area contributed by atoms with Crippen LogP contribution in [0.25, 0.3) is 0 Å². The number of ether oxygens (including phenoxy) is 1. The van der Waals surface area contributed by atoms with E-state index in [0.717, 1.165) is 5.56 Å². The Hall–Kier alpha value is -1.65. The molecule has 1 aromatic rings. The second kappa shape index (κ2) is 6.20. The number of esters is 1. The molecule has 2 rings (SSSR count). The van der Waals surface area contributed by atoms with Gasteiger partial charge in [0.15, 0.2) is 6.54 Å². The summed E-state index contributed by atoms with van der Waals surface area (Å²) in [5.74, 6) is -0.299. The van der Waals surface area contributed by atoms with E-state index in [2.05, 4.69) is 0 Å². The minimum absolute atomic E-state index is 0.0206. The molecule has 0 saturated heterocycles. The molecule has 0 fully saturated rings. The number of benzene rings is 1. The summed E-state index contributed by atoms with van der Waals surface area (Å²) in [7, 11) is 1.36. The molecule has 4 nitrogen and oxygen atoms in total. The molecule has 0 amide bonds. The quantitative estimate of drug-likeness (QED) is 0.630. The van der Waals surface area contributed by atoms with Crippen molar-refractivity contribution < 1.29 is 18.8 Å². The number of hydrogen-bond acceptors (Lipinski definition) is 3. The third-order valence-electron chi connectivity index (χ3n) is 3.44. The van der Waals surface area contributed by atoms with Crippen LogP contribution in [0.4, 0.5) is 0 Å². The summed E-state index contributed by atoms with van der Waals surface area (Å²) < 4.78 is 5.08. The average Bonchev–Trinajstić information content (AvgIpc) is 2.41. The summed E-state index contributed by atoms with van der Waals surface area (Å²) >= 11 is 6.18. The fraction of sp³-hybridized carbons (Fsp3) is 0.333. The molecule has 0 aliphatic carbocycles. The Kier molecular flexibility index (Phi) is 4.57. The van der Waals surface area contributed by atoms with Gasteiger partial charge >= 0.3 is 5.97 Å². The molecule has 1 aromatic carbocycles. The number of carbonyl (C=O) groups excluding carboxylic acids is 2. The lowest BCUT2D eigenvalue weighted by Gasteiger charge is -2.37. The van der Waals surface area contributed by atoms with Crippen LogP contribution in [0.15, 0.2) is 36.4 Å².